The molecule has 0 amide bonds. The first-order valence-corrected chi connectivity index (χ1v) is 5.87. The Balaban J connectivity index is 2.26. The average molecular weight is 249 g/mol. The van der Waals surface area contributed by atoms with Crippen LogP contribution in [0.2, 0.25) is 0 Å². The minimum absolute atomic E-state index is 0.0457. The van der Waals surface area contributed by atoms with Crippen molar-refractivity contribution in [3.8, 4) is 0 Å². The maximum Gasteiger partial charge on any atom is 0.500 e. The molecule has 1 fully saturated rings. The van der Waals surface area contributed by atoms with Gasteiger partial charge < -0.3 is 9.31 Å². The molecule has 1 aliphatic rings. The van der Waals surface area contributed by atoms with E-state index in [0.717, 1.165) is 5.56 Å². The maximum atomic E-state index is 11.0. The molecule has 1 aliphatic heterocycles. The molecule has 0 N–H and O–H groups in total. The van der Waals surface area contributed by atoms with Crippen molar-refractivity contribution in [2.24, 2.45) is 5.41 Å². The fourth-order valence-electron chi connectivity index (χ4n) is 1.88. The molecule has 0 bridgehead atoms. The van der Waals surface area contributed by atoms with Gasteiger partial charge in [0.25, 0.3) is 5.69 Å². The molecule has 96 valence electrons. The zero-order chi connectivity index (χ0) is 13.3. The van der Waals surface area contributed by atoms with Crippen molar-refractivity contribution in [1.29, 1.82) is 0 Å². The smallest absolute Gasteiger partial charge is 0.406 e. The zero-order valence-corrected chi connectivity index (χ0v) is 10.8. The first-order valence-electron chi connectivity index (χ1n) is 5.87. The maximum absolute atomic E-state index is 11.0. The number of nitro benzene ring substituents is 1. The van der Waals surface area contributed by atoms with E-state index in [2.05, 4.69) is 0 Å². The van der Waals surface area contributed by atoms with E-state index in [1.54, 1.807) is 12.1 Å². The normalized spacial score (nSPS) is 18.7. The van der Waals surface area contributed by atoms with Crippen molar-refractivity contribution >= 4 is 18.3 Å². The highest BCUT2D eigenvalue weighted by atomic mass is 16.6. The van der Waals surface area contributed by atoms with Crippen LogP contribution in [0, 0.1) is 22.5 Å². The Morgan fingerprint density at radius 1 is 1.33 bits per heavy atom. The molecule has 18 heavy (non-hydrogen) atoms. The van der Waals surface area contributed by atoms with Crippen molar-refractivity contribution in [3.63, 3.8) is 0 Å². The highest BCUT2D eigenvalue weighted by Gasteiger charge is 2.37. The molecular weight excluding hydrogens is 233 g/mol. The highest BCUT2D eigenvalue weighted by Crippen LogP contribution is 2.23. The standard InChI is InChI=1S/C12H16BNO4/c1-9-4-5-10(11(6-9)14(15)16)13-17-7-12(2,3)8-18-13/h4-6H,7-8H2,1-3H3. The van der Waals surface area contributed by atoms with E-state index in [0.29, 0.717) is 18.7 Å². The molecule has 1 aromatic rings. The second-order valence-electron chi connectivity index (χ2n) is 5.44. The molecule has 2 rings (SSSR count). The number of nitrogens with zero attached hydrogens (tertiary/aromatic N) is 1. The van der Waals surface area contributed by atoms with Crippen LogP contribution in [0.3, 0.4) is 0 Å². The van der Waals surface area contributed by atoms with Crippen LogP contribution < -0.4 is 5.46 Å². The van der Waals surface area contributed by atoms with E-state index < -0.39 is 12.0 Å². The summed E-state index contributed by atoms with van der Waals surface area (Å²) in [5, 5.41) is 11.0. The van der Waals surface area contributed by atoms with Crippen molar-refractivity contribution < 1.29 is 14.2 Å². The van der Waals surface area contributed by atoms with Gasteiger partial charge in [-0.25, -0.2) is 0 Å². The zero-order valence-electron chi connectivity index (χ0n) is 10.8. The van der Waals surface area contributed by atoms with Crippen LogP contribution in [-0.4, -0.2) is 25.3 Å². The third-order valence-electron chi connectivity index (χ3n) is 2.89. The number of hydrogen-bond acceptors (Lipinski definition) is 4. The number of benzene rings is 1. The largest absolute Gasteiger partial charge is 0.500 e. The summed E-state index contributed by atoms with van der Waals surface area (Å²) in [6.45, 7) is 6.95. The Bertz CT molecular complexity index is 465. The highest BCUT2D eigenvalue weighted by molar-refractivity contribution is 6.63. The van der Waals surface area contributed by atoms with Crippen molar-refractivity contribution in [3.05, 3.63) is 33.9 Å². The molecule has 0 aromatic heterocycles. The third kappa shape index (κ3) is 2.71. The number of rotatable bonds is 2. The van der Waals surface area contributed by atoms with Gasteiger partial charge in [-0.3, -0.25) is 10.1 Å². The van der Waals surface area contributed by atoms with Crippen molar-refractivity contribution in [1.82, 2.24) is 0 Å². The summed E-state index contributed by atoms with van der Waals surface area (Å²) in [6.07, 6.45) is 0. The van der Waals surface area contributed by atoms with Gasteiger partial charge in [-0.15, -0.1) is 0 Å². The molecule has 6 heteroatoms. The Kier molecular flexibility index (Phi) is 3.41. The Hall–Kier alpha value is -1.40. The summed E-state index contributed by atoms with van der Waals surface area (Å²) in [6, 6.07) is 5.08. The van der Waals surface area contributed by atoms with Gasteiger partial charge in [0, 0.05) is 24.7 Å². The first-order chi connectivity index (χ1) is 8.39. The molecule has 5 nitrogen and oxygen atoms in total. The molecule has 1 saturated heterocycles. The monoisotopic (exact) mass is 249 g/mol. The van der Waals surface area contributed by atoms with Crippen LogP contribution in [-0.2, 0) is 9.31 Å². The van der Waals surface area contributed by atoms with Gasteiger partial charge in [0.15, 0.2) is 0 Å². The SMILES string of the molecule is Cc1ccc(B2OCC(C)(C)CO2)c([N+](=O)[O-])c1. The van der Waals surface area contributed by atoms with Gasteiger partial charge in [0.2, 0.25) is 0 Å². The average Bonchev–Trinajstić information content (AvgIpc) is 2.29. The molecule has 0 radical (unpaired) electrons. The molecule has 1 heterocycles. The quantitative estimate of drug-likeness (QED) is 0.454. The van der Waals surface area contributed by atoms with Crippen LogP contribution >= 0.6 is 0 Å². The van der Waals surface area contributed by atoms with Gasteiger partial charge in [0.1, 0.15) is 0 Å². The Morgan fingerprint density at radius 3 is 2.50 bits per heavy atom. The number of aryl methyl sites for hydroxylation is 1. The molecule has 0 atom stereocenters. The van der Waals surface area contributed by atoms with Crippen LogP contribution in [0.25, 0.3) is 0 Å². The molecular formula is C12H16BNO4. The predicted molar refractivity (Wildman–Crippen MR) is 68.9 cm³/mol. The lowest BCUT2D eigenvalue weighted by Gasteiger charge is -2.32. The van der Waals surface area contributed by atoms with Gasteiger partial charge in [-0.05, 0) is 12.5 Å². The van der Waals surface area contributed by atoms with E-state index >= 15 is 0 Å². The van der Waals surface area contributed by atoms with Crippen molar-refractivity contribution in [2.75, 3.05) is 13.2 Å². The third-order valence-corrected chi connectivity index (χ3v) is 2.89. The van der Waals surface area contributed by atoms with Crippen LogP contribution in [0.5, 0.6) is 0 Å². The lowest BCUT2D eigenvalue weighted by atomic mass is 9.74. The molecule has 0 unspecified atom stereocenters. The first kappa shape index (κ1) is 13.0. The summed E-state index contributed by atoms with van der Waals surface area (Å²) in [5.41, 5.74) is 1.35. The summed E-state index contributed by atoms with van der Waals surface area (Å²) < 4.78 is 11.2. The summed E-state index contributed by atoms with van der Waals surface area (Å²) in [7, 11) is -0.640. The molecule has 0 spiro atoms. The summed E-state index contributed by atoms with van der Waals surface area (Å²) >= 11 is 0. The van der Waals surface area contributed by atoms with Gasteiger partial charge in [0.05, 0.1) is 10.4 Å². The van der Waals surface area contributed by atoms with Crippen molar-refractivity contribution in [2.45, 2.75) is 20.8 Å². The lowest BCUT2D eigenvalue weighted by Crippen LogP contribution is -2.48. The minimum atomic E-state index is -0.640. The number of hydrogen-bond donors (Lipinski definition) is 0. The minimum Gasteiger partial charge on any atom is -0.406 e. The van der Waals surface area contributed by atoms with Crippen LogP contribution in [0.1, 0.15) is 19.4 Å². The number of nitro groups is 1. The predicted octanol–water partition coefficient (Wildman–Crippen LogP) is 1.67. The molecule has 0 aliphatic carbocycles. The molecule has 1 aromatic carbocycles. The van der Waals surface area contributed by atoms with E-state index in [9.17, 15) is 10.1 Å². The Morgan fingerprint density at radius 2 is 1.94 bits per heavy atom. The van der Waals surface area contributed by atoms with E-state index in [4.69, 9.17) is 9.31 Å². The van der Waals surface area contributed by atoms with E-state index in [1.165, 1.54) is 0 Å². The summed E-state index contributed by atoms with van der Waals surface area (Å²) in [4.78, 5) is 10.6. The van der Waals surface area contributed by atoms with Gasteiger partial charge in [-0.2, -0.15) is 0 Å². The second kappa shape index (κ2) is 4.70. The van der Waals surface area contributed by atoms with E-state index in [1.807, 2.05) is 26.8 Å². The lowest BCUT2D eigenvalue weighted by molar-refractivity contribution is -0.383. The fraction of sp³-hybridized carbons (Fsp3) is 0.500. The van der Waals surface area contributed by atoms with Gasteiger partial charge in [-0.1, -0.05) is 26.0 Å². The second-order valence-corrected chi connectivity index (χ2v) is 5.44. The van der Waals surface area contributed by atoms with Gasteiger partial charge >= 0.3 is 7.12 Å². The molecule has 0 saturated carbocycles. The van der Waals surface area contributed by atoms with Crippen LogP contribution in [0.15, 0.2) is 18.2 Å². The topological polar surface area (TPSA) is 61.6 Å². The van der Waals surface area contributed by atoms with Crippen LogP contribution in [0.4, 0.5) is 5.69 Å². The Labute approximate surface area is 106 Å². The fourth-order valence-corrected chi connectivity index (χ4v) is 1.88. The summed E-state index contributed by atoms with van der Waals surface area (Å²) in [5.74, 6) is 0. The van der Waals surface area contributed by atoms with E-state index in [-0.39, 0.29) is 11.1 Å².